The molecule has 2 heteroatoms. The average Bonchev–Trinajstić information content (AvgIpc) is 2.98. The smallest absolute Gasteiger partial charge is 0.224 e. The van der Waals surface area contributed by atoms with Gasteiger partial charge < -0.3 is 5.32 Å². The second kappa shape index (κ2) is 3.90. The SMILES string of the molecule is O=C(NC12CC3CC(CC(C3)C1)C2)C1CC2C=CC1C2. The van der Waals surface area contributed by atoms with E-state index in [2.05, 4.69) is 17.5 Å². The monoisotopic (exact) mass is 271 g/mol. The molecule has 6 aliphatic rings. The molecule has 5 fully saturated rings. The van der Waals surface area contributed by atoms with E-state index in [1.54, 1.807) is 0 Å². The predicted molar refractivity (Wildman–Crippen MR) is 77.9 cm³/mol. The molecule has 6 bridgehead atoms. The van der Waals surface area contributed by atoms with E-state index >= 15 is 0 Å². The van der Waals surface area contributed by atoms with Crippen LogP contribution in [0.4, 0.5) is 0 Å². The molecule has 0 radical (unpaired) electrons. The molecule has 3 atom stereocenters. The van der Waals surface area contributed by atoms with E-state index in [1.807, 2.05) is 0 Å². The summed E-state index contributed by atoms with van der Waals surface area (Å²) in [6.45, 7) is 0. The molecular weight excluding hydrogens is 246 g/mol. The predicted octanol–water partition coefficient (Wildman–Crippen LogP) is 3.28. The molecule has 6 aliphatic carbocycles. The normalized spacial score (nSPS) is 54.6. The van der Waals surface area contributed by atoms with Gasteiger partial charge in [0.25, 0.3) is 0 Å². The highest BCUT2D eigenvalue weighted by atomic mass is 16.2. The molecule has 0 heterocycles. The quantitative estimate of drug-likeness (QED) is 0.767. The first-order valence-electron chi connectivity index (χ1n) is 8.69. The number of carbonyl (C=O) groups excluding carboxylic acids is 1. The third-order valence-electron chi connectivity index (χ3n) is 7.04. The zero-order chi connectivity index (χ0) is 13.3. The summed E-state index contributed by atoms with van der Waals surface area (Å²) in [5.41, 5.74) is 0.206. The number of amides is 1. The lowest BCUT2D eigenvalue weighted by atomic mass is 9.53. The van der Waals surface area contributed by atoms with Crippen molar-refractivity contribution in [2.75, 3.05) is 0 Å². The Bertz CT molecular complexity index is 445. The number of hydrogen-bond acceptors (Lipinski definition) is 1. The van der Waals surface area contributed by atoms with Crippen LogP contribution < -0.4 is 5.32 Å². The van der Waals surface area contributed by atoms with Crippen LogP contribution in [0.2, 0.25) is 0 Å². The lowest BCUT2D eigenvalue weighted by molar-refractivity contribution is -0.131. The van der Waals surface area contributed by atoms with Crippen molar-refractivity contribution in [1.82, 2.24) is 5.32 Å². The van der Waals surface area contributed by atoms with Crippen LogP contribution in [0.3, 0.4) is 0 Å². The lowest BCUT2D eigenvalue weighted by Crippen LogP contribution is -2.60. The Morgan fingerprint density at radius 3 is 2.05 bits per heavy atom. The number of carbonyl (C=O) groups is 1. The molecule has 1 amide bonds. The van der Waals surface area contributed by atoms with E-state index in [0.717, 1.165) is 24.2 Å². The fraction of sp³-hybridized carbons (Fsp3) is 0.833. The van der Waals surface area contributed by atoms with Crippen molar-refractivity contribution in [1.29, 1.82) is 0 Å². The Hall–Kier alpha value is -0.790. The van der Waals surface area contributed by atoms with Crippen LogP contribution in [0.15, 0.2) is 12.2 Å². The van der Waals surface area contributed by atoms with Crippen molar-refractivity contribution in [3.8, 4) is 0 Å². The topological polar surface area (TPSA) is 29.1 Å². The number of rotatable bonds is 2. The maximum absolute atomic E-state index is 12.8. The summed E-state index contributed by atoms with van der Waals surface area (Å²) in [6.07, 6.45) is 15.2. The van der Waals surface area contributed by atoms with E-state index in [4.69, 9.17) is 0 Å². The minimum Gasteiger partial charge on any atom is -0.350 e. The number of fused-ring (bicyclic) bond motifs is 2. The van der Waals surface area contributed by atoms with Crippen LogP contribution in [0.25, 0.3) is 0 Å². The zero-order valence-corrected chi connectivity index (χ0v) is 12.2. The van der Waals surface area contributed by atoms with Crippen molar-refractivity contribution >= 4 is 5.91 Å². The van der Waals surface area contributed by atoms with Gasteiger partial charge in [-0.15, -0.1) is 0 Å². The van der Waals surface area contributed by atoms with Gasteiger partial charge in [0, 0.05) is 11.5 Å². The van der Waals surface area contributed by atoms with Crippen LogP contribution in [-0.2, 0) is 4.79 Å². The van der Waals surface area contributed by atoms with Gasteiger partial charge in [0.1, 0.15) is 0 Å². The van der Waals surface area contributed by atoms with E-state index in [1.165, 1.54) is 44.9 Å². The summed E-state index contributed by atoms with van der Waals surface area (Å²) in [4.78, 5) is 12.8. The zero-order valence-electron chi connectivity index (χ0n) is 12.2. The molecule has 0 saturated heterocycles. The van der Waals surface area contributed by atoms with Crippen molar-refractivity contribution in [3.63, 3.8) is 0 Å². The third kappa shape index (κ3) is 1.66. The molecular formula is C18H25NO. The average molecular weight is 271 g/mol. The van der Waals surface area contributed by atoms with Gasteiger partial charge >= 0.3 is 0 Å². The fourth-order valence-electron chi connectivity index (χ4n) is 6.70. The Balaban J connectivity index is 1.34. The van der Waals surface area contributed by atoms with Gasteiger partial charge in [-0.05, 0) is 81.0 Å². The van der Waals surface area contributed by atoms with Gasteiger partial charge in [0.2, 0.25) is 5.91 Å². The van der Waals surface area contributed by atoms with E-state index < -0.39 is 0 Å². The van der Waals surface area contributed by atoms with Crippen molar-refractivity contribution in [3.05, 3.63) is 12.2 Å². The highest BCUT2D eigenvalue weighted by molar-refractivity contribution is 5.80. The molecule has 108 valence electrons. The molecule has 2 nitrogen and oxygen atoms in total. The molecule has 0 aromatic carbocycles. The van der Waals surface area contributed by atoms with Crippen molar-refractivity contribution < 1.29 is 4.79 Å². The van der Waals surface area contributed by atoms with Crippen LogP contribution in [-0.4, -0.2) is 11.4 Å². The van der Waals surface area contributed by atoms with Gasteiger partial charge in [0.05, 0.1) is 0 Å². The number of allylic oxidation sites excluding steroid dienone is 2. The first kappa shape index (κ1) is 11.8. The molecule has 20 heavy (non-hydrogen) atoms. The molecule has 5 saturated carbocycles. The molecule has 6 rings (SSSR count). The van der Waals surface area contributed by atoms with E-state index in [-0.39, 0.29) is 11.5 Å². The summed E-state index contributed by atoms with van der Waals surface area (Å²) in [6, 6.07) is 0. The molecule has 0 aliphatic heterocycles. The number of hydrogen-bond donors (Lipinski definition) is 1. The Morgan fingerprint density at radius 1 is 0.900 bits per heavy atom. The Labute approximate surface area is 121 Å². The van der Waals surface area contributed by atoms with Gasteiger partial charge in [-0.2, -0.15) is 0 Å². The summed E-state index contributed by atoms with van der Waals surface area (Å²) in [5.74, 6) is 4.69. The maximum Gasteiger partial charge on any atom is 0.224 e. The minimum absolute atomic E-state index is 0.206. The molecule has 0 spiro atoms. The third-order valence-corrected chi connectivity index (χ3v) is 7.04. The van der Waals surface area contributed by atoms with Crippen LogP contribution >= 0.6 is 0 Å². The van der Waals surface area contributed by atoms with Crippen LogP contribution in [0.5, 0.6) is 0 Å². The van der Waals surface area contributed by atoms with Crippen molar-refractivity contribution in [2.45, 2.75) is 56.9 Å². The maximum atomic E-state index is 12.8. The highest BCUT2D eigenvalue weighted by Gasteiger charge is 2.52. The summed E-state index contributed by atoms with van der Waals surface area (Å²) >= 11 is 0. The Kier molecular flexibility index (Phi) is 2.30. The lowest BCUT2D eigenvalue weighted by Gasteiger charge is -2.57. The largest absolute Gasteiger partial charge is 0.350 e. The molecule has 0 aromatic heterocycles. The first-order chi connectivity index (χ1) is 9.69. The fourth-order valence-corrected chi connectivity index (χ4v) is 6.70. The van der Waals surface area contributed by atoms with Crippen LogP contribution in [0.1, 0.15) is 51.4 Å². The second-order valence-electron chi connectivity index (χ2n) is 8.57. The number of nitrogens with one attached hydrogen (secondary N) is 1. The summed E-state index contributed by atoms with van der Waals surface area (Å²) in [7, 11) is 0. The summed E-state index contributed by atoms with van der Waals surface area (Å²) < 4.78 is 0. The highest BCUT2D eigenvalue weighted by Crippen LogP contribution is 2.56. The minimum atomic E-state index is 0.206. The van der Waals surface area contributed by atoms with Crippen molar-refractivity contribution in [2.24, 2.45) is 35.5 Å². The first-order valence-corrected chi connectivity index (χ1v) is 8.69. The van der Waals surface area contributed by atoms with Gasteiger partial charge in [0.15, 0.2) is 0 Å². The molecule has 3 unspecified atom stereocenters. The molecule has 0 aromatic rings. The standard InChI is InChI=1S/C18H25NO/c20-17(16-7-11-1-2-15(16)6-11)19-18-8-12-3-13(9-18)5-14(4-12)10-18/h1-2,11-16H,3-10H2,(H,19,20). The van der Waals surface area contributed by atoms with E-state index in [0.29, 0.717) is 17.7 Å². The van der Waals surface area contributed by atoms with Gasteiger partial charge in [-0.3, -0.25) is 4.79 Å². The summed E-state index contributed by atoms with van der Waals surface area (Å²) in [5, 5.41) is 3.58. The Morgan fingerprint density at radius 2 is 1.55 bits per heavy atom. The van der Waals surface area contributed by atoms with E-state index in [9.17, 15) is 4.79 Å². The van der Waals surface area contributed by atoms with Gasteiger partial charge in [-0.1, -0.05) is 12.2 Å². The van der Waals surface area contributed by atoms with Crippen LogP contribution in [0, 0.1) is 35.5 Å². The molecule has 1 N–H and O–H groups in total. The second-order valence-corrected chi connectivity index (χ2v) is 8.57. The van der Waals surface area contributed by atoms with Gasteiger partial charge in [-0.25, -0.2) is 0 Å².